The first-order chi connectivity index (χ1) is 0. The van der Waals surface area contributed by atoms with Crippen LogP contribution in [0.25, 0.3) is 0 Å². The Morgan fingerprint density at radius 1 is 1.00 bits per heavy atom. The summed E-state index contributed by atoms with van der Waals surface area (Å²) in [6.45, 7) is 0. The van der Waals surface area contributed by atoms with Crippen LogP contribution in [-0.2, 0) is 22.4 Å². The Bertz CT molecular complexity index is 8.00. The van der Waals surface area contributed by atoms with E-state index >= 15 is 0 Å². The van der Waals surface area contributed by atoms with E-state index in [0.29, 0.717) is 0 Å². The van der Waals surface area contributed by atoms with Crippen LogP contribution in [-0.4, -0.2) is 89.5 Å². The van der Waals surface area contributed by atoms with E-state index in [1.54, 1.807) is 0 Å². The Balaban J connectivity index is 0. The van der Waals surface area contributed by atoms with Crippen molar-refractivity contribution in [2.75, 3.05) is 0 Å². The molecule has 3 radical (unpaired) electrons. The maximum absolute atomic E-state index is 0. The topological polar surface area (TPSA) is 0 Å². The Labute approximate surface area is 109 Å². The van der Waals surface area contributed by atoms with E-state index in [2.05, 4.69) is 0 Å². The molecule has 0 aliphatic rings. The summed E-state index contributed by atoms with van der Waals surface area (Å²) in [5, 5.41) is 0. The van der Waals surface area contributed by atoms with Gasteiger partial charge in [0.25, 0.3) is 0 Å². The van der Waals surface area contributed by atoms with Gasteiger partial charge in [0, 0.05) is 22.4 Å². The van der Waals surface area contributed by atoms with Crippen molar-refractivity contribution in [3.05, 3.63) is 0 Å². The SMILES string of the molecule is [Ag].[CaH2].[PbH2].[SbH3]. The molecule has 0 spiro atoms. The second-order valence-corrected chi connectivity index (χ2v) is 0. The first kappa shape index (κ1) is 25.1. The molecule has 0 unspecified atom stereocenters. The quantitative estimate of drug-likeness (QED) is 0.322. The fourth-order valence-corrected chi connectivity index (χ4v) is 0. The molecule has 0 saturated heterocycles. The van der Waals surface area contributed by atoms with Gasteiger partial charge in [-0.25, -0.2) is 0 Å². The third kappa shape index (κ3) is 9.22. The molecule has 0 nitrogen and oxygen atoms in total. The Hall–Kier alpha value is 3.74. The van der Waals surface area contributed by atoms with E-state index in [1.807, 2.05) is 0 Å². The summed E-state index contributed by atoms with van der Waals surface area (Å²) >= 11 is 0. The van der Waals surface area contributed by atoms with Gasteiger partial charge >= 0.3 is 89.5 Å². The molecule has 0 aliphatic carbocycles. The molecule has 0 aromatic carbocycles. The van der Waals surface area contributed by atoms with E-state index in [4.69, 9.17) is 0 Å². The molecular formula is H7AgCaPbSb. The molecular weight excluding hydrogens is 477 g/mol. The van der Waals surface area contributed by atoms with Crippen LogP contribution in [0.2, 0.25) is 0 Å². The average molecular weight is 484 g/mol. The molecule has 0 aromatic rings. The zero-order valence-corrected chi connectivity index (χ0v) is 12.7. The van der Waals surface area contributed by atoms with Gasteiger partial charge in [0.05, 0.1) is 0 Å². The third-order valence-corrected chi connectivity index (χ3v) is 0. The monoisotopic (exact) mass is 483 g/mol. The van der Waals surface area contributed by atoms with E-state index < -0.39 is 0 Å². The van der Waals surface area contributed by atoms with Crippen LogP contribution in [0.4, 0.5) is 0 Å². The van der Waals surface area contributed by atoms with Crippen molar-refractivity contribution in [1.29, 1.82) is 0 Å². The van der Waals surface area contributed by atoms with Gasteiger partial charge in [-0.3, -0.25) is 0 Å². The average Bonchev–Trinajstić information content (AvgIpc) is 0. The van der Waals surface area contributed by atoms with Gasteiger partial charge in [-0.2, -0.15) is 0 Å². The number of hydrogen-bond donors (Lipinski definition) is 0. The summed E-state index contributed by atoms with van der Waals surface area (Å²) < 4.78 is 0. The molecule has 0 N–H and O–H groups in total. The van der Waals surface area contributed by atoms with Gasteiger partial charge in [0.15, 0.2) is 0 Å². The Kier molecular flexibility index (Phi) is 99.8. The van der Waals surface area contributed by atoms with Crippen LogP contribution in [0.3, 0.4) is 0 Å². The van der Waals surface area contributed by atoms with Gasteiger partial charge in [-0.1, -0.05) is 0 Å². The number of rotatable bonds is 0. The molecule has 0 aliphatic heterocycles. The summed E-state index contributed by atoms with van der Waals surface area (Å²) in [5.41, 5.74) is 0. The Morgan fingerprint density at radius 3 is 1.00 bits per heavy atom. The molecule has 0 amide bonds. The second-order valence-electron chi connectivity index (χ2n) is 0. The maximum atomic E-state index is 0. The van der Waals surface area contributed by atoms with Crippen LogP contribution in [0, 0.1) is 0 Å². The van der Waals surface area contributed by atoms with E-state index in [0.717, 1.165) is 0 Å². The molecule has 4 heteroatoms. The van der Waals surface area contributed by atoms with Crippen LogP contribution >= 0.6 is 0 Å². The minimum absolute atomic E-state index is 0. The molecule has 0 rings (SSSR count). The predicted octanol–water partition coefficient (Wildman–Crippen LogP) is -3.02. The molecule has 0 atom stereocenters. The molecule has 29 valence electrons. The van der Waals surface area contributed by atoms with Crippen molar-refractivity contribution in [2.24, 2.45) is 0 Å². The van der Waals surface area contributed by atoms with Crippen LogP contribution < -0.4 is 0 Å². The van der Waals surface area contributed by atoms with Crippen LogP contribution in [0.5, 0.6) is 0 Å². The second kappa shape index (κ2) is 15.9. The summed E-state index contributed by atoms with van der Waals surface area (Å²) in [4.78, 5) is 0. The fourth-order valence-electron chi connectivity index (χ4n) is 0. The zero-order chi connectivity index (χ0) is 0. The van der Waals surface area contributed by atoms with E-state index in [1.165, 1.54) is 0 Å². The summed E-state index contributed by atoms with van der Waals surface area (Å²) in [6, 6.07) is 0. The van der Waals surface area contributed by atoms with Crippen molar-refractivity contribution in [2.45, 2.75) is 0 Å². The summed E-state index contributed by atoms with van der Waals surface area (Å²) in [5.74, 6) is 0. The number of hydrogen-bond acceptors (Lipinski definition) is 0. The van der Waals surface area contributed by atoms with E-state index in [9.17, 15) is 0 Å². The van der Waals surface area contributed by atoms with Gasteiger partial charge in [-0.05, 0) is 0 Å². The third-order valence-electron chi connectivity index (χ3n) is 0. The van der Waals surface area contributed by atoms with Crippen molar-refractivity contribution in [3.8, 4) is 0 Å². The molecule has 0 aromatic heterocycles. The van der Waals surface area contributed by atoms with Crippen molar-refractivity contribution in [3.63, 3.8) is 0 Å². The van der Waals surface area contributed by atoms with Crippen molar-refractivity contribution >= 4 is 89.5 Å². The molecule has 0 saturated carbocycles. The summed E-state index contributed by atoms with van der Waals surface area (Å²) in [6.07, 6.45) is 0. The Morgan fingerprint density at radius 2 is 1.00 bits per heavy atom. The van der Waals surface area contributed by atoms with Crippen molar-refractivity contribution in [1.82, 2.24) is 0 Å². The molecule has 0 heterocycles. The summed E-state index contributed by atoms with van der Waals surface area (Å²) in [7, 11) is 0. The van der Waals surface area contributed by atoms with E-state index in [-0.39, 0.29) is 112 Å². The zero-order valence-electron chi connectivity index (χ0n) is 1.72. The normalized spacial score (nSPS) is 0. The minimum atomic E-state index is 0. The fraction of sp³-hybridized carbons (Fsp3) is 0. The van der Waals surface area contributed by atoms with Gasteiger partial charge in [0.2, 0.25) is 0 Å². The van der Waals surface area contributed by atoms with Gasteiger partial charge in [0.1, 0.15) is 0 Å². The van der Waals surface area contributed by atoms with Gasteiger partial charge < -0.3 is 0 Å². The standard InChI is InChI=1S/Ag.Ca.Pb.Sb.7H. The first-order valence-corrected chi connectivity index (χ1v) is 0. The van der Waals surface area contributed by atoms with Crippen LogP contribution in [0.1, 0.15) is 0 Å². The van der Waals surface area contributed by atoms with Gasteiger partial charge in [-0.15, -0.1) is 0 Å². The first-order valence-electron chi connectivity index (χ1n) is 0. The molecule has 0 bridgehead atoms. The van der Waals surface area contributed by atoms with Crippen LogP contribution in [0.15, 0.2) is 0 Å². The van der Waals surface area contributed by atoms with Crippen molar-refractivity contribution < 1.29 is 22.4 Å². The molecule has 0 fully saturated rings. The molecule has 4 heavy (non-hydrogen) atoms. The predicted molar refractivity (Wildman–Crippen MR) is 27.0 cm³/mol.